The van der Waals surface area contributed by atoms with E-state index >= 15 is 0 Å². The predicted molar refractivity (Wildman–Crippen MR) is 132 cm³/mol. The second kappa shape index (κ2) is 12.2. The zero-order chi connectivity index (χ0) is 24.5. The highest BCUT2D eigenvalue weighted by atomic mass is 79.9. The van der Waals surface area contributed by atoms with Crippen molar-refractivity contribution >= 4 is 44.4 Å². The molecule has 0 heterocycles. The molecule has 9 heteroatoms. The van der Waals surface area contributed by atoms with Gasteiger partial charge >= 0.3 is 6.09 Å². The van der Waals surface area contributed by atoms with Gasteiger partial charge in [0.25, 0.3) is 5.91 Å². The maximum Gasteiger partial charge on any atom is 0.412 e. The number of hydroxylamine groups is 1. The number of allylic oxidation sites excluding steroid dienone is 1. The van der Waals surface area contributed by atoms with Gasteiger partial charge in [-0.15, -0.1) is 0 Å². The smallest absolute Gasteiger partial charge is 0.412 e. The van der Waals surface area contributed by atoms with Crippen LogP contribution in [0.3, 0.4) is 0 Å². The van der Waals surface area contributed by atoms with Crippen LogP contribution in [0.25, 0.3) is 10.8 Å². The Morgan fingerprint density at radius 2 is 1.76 bits per heavy atom. The number of benzene rings is 3. The Kier molecular flexibility index (Phi) is 9.03. The lowest BCUT2D eigenvalue weighted by Crippen LogP contribution is -2.28. The zero-order valence-corrected chi connectivity index (χ0v) is 20.0. The van der Waals surface area contributed by atoms with Gasteiger partial charge in [-0.05, 0) is 48.6 Å². The first-order chi connectivity index (χ1) is 16.4. The normalized spacial score (nSPS) is 12.9. The summed E-state index contributed by atoms with van der Waals surface area (Å²) in [5, 5.41) is 23.0. The third kappa shape index (κ3) is 6.57. The Morgan fingerprint density at radius 1 is 1.06 bits per heavy atom. The van der Waals surface area contributed by atoms with Crippen molar-refractivity contribution in [3.8, 4) is 5.75 Å². The molecule has 0 aliphatic rings. The third-order valence-corrected chi connectivity index (χ3v) is 5.73. The molecule has 0 saturated heterocycles. The summed E-state index contributed by atoms with van der Waals surface area (Å²) in [5.74, 6) is -0.524. The van der Waals surface area contributed by atoms with Crippen molar-refractivity contribution < 1.29 is 29.4 Å². The van der Waals surface area contributed by atoms with Gasteiger partial charge in [0.05, 0.1) is 6.10 Å². The molecule has 0 saturated carbocycles. The number of ether oxygens (including phenoxy) is 2. The first-order valence-electron chi connectivity index (χ1n) is 10.5. The number of carbonyl (C=O) groups is 2. The largest absolute Gasteiger partial charge is 0.507 e. The molecule has 0 radical (unpaired) electrons. The molecule has 3 rings (SSSR count). The summed E-state index contributed by atoms with van der Waals surface area (Å²) in [6.07, 6.45) is 1.59. The number of rotatable bonds is 9. The Hall–Kier alpha value is -3.40. The van der Waals surface area contributed by atoms with E-state index in [1.165, 1.54) is 18.7 Å². The van der Waals surface area contributed by atoms with Crippen molar-refractivity contribution in [2.45, 2.75) is 25.0 Å². The van der Waals surface area contributed by atoms with E-state index < -0.39 is 24.2 Å². The zero-order valence-electron chi connectivity index (χ0n) is 18.4. The molecule has 0 spiro atoms. The molecule has 0 bridgehead atoms. The topological polar surface area (TPSA) is 117 Å². The lowest BCUT2D eigenvalue weighted by molar-refractivity contribution is -0.124. The van der Waals surface area contributed by atoms with Crippen LogP contribution in [0.4, 0.5) is 10.5 Å². The molecule has 2 amide bonds. The maximum atomic E-state index is 12.8. The van der Waals surface area contributed by atoms with E-state index in [1.807, 2.05) is 18.2 Å². The molecule has 4 N–H and O–H groups in total. The molecule has 0 fully saturated rings. The van der Waals surface area contributed by atoms with Crippen molar-refractivity contribution in [3.63, 3.8) is 0 Å². The molecular weight excluding hydrogens is 504 g/mol. The lowest BCUT2D eigenvalue weighted by atomic mass is 9.94. The highest BCUT2D eigenvalue weighted by Gasteiger charge is 2.29. The first kappa shape index (κ1) is 25.2. The Morgan fingerprint density at radius 3 is 2.44 bits per heavy atom. The highest BCUT2D eigenvalue weighted by Crippen LogP contribution is 2.36. The average Bonchev–Trinajstić information content (AvgIpc) is 2.85. The van der Waals surface area contributed by atoms with Gasteiger partial charge in [0.1, 0.15) is 5.75 Å². The van der Waals surface area contributed by atoms with Crippen LogP contribution in [-0.2, 0) is 14.3 Å². The predicted octanol–water partition coefficient (Wildman–Crippen LogP) is 5.45. The SMILES string of the molecule is CO[C@@H](CC/C=C/C(=O)NO)[C@@H](OC(=O)Nc1ccc(Br)cc1)c1ccc(O)c2ccccc12. The van der Waals surface area contributed by atoms with Crippen molar-refractivity contribution in [3.05, 3.63) is 82.9 Å². The van der Waals surface area contributed by atoms with Crippen molar-refractivity contribution in [2.75, 3.05) is 12.4 Å². The van der Waals surface area contributed by atoms with Gasteiger partial charge in [0.15, 0.2) is 6.10 Å². The minimum absolute atomic E-state index is 0.115. The summed E-state index contributed by atoms with van der Waals surface area (Å²) in [7, 11) is 1.51. The minimum Gasteiger partial charge on any atom is -0.507 e. The molecule has 178 valence electrons. The van der Waals surface area contributed by atoms with Gasteiger partial charge in [-0.2, -0.15) is 0 Å². The maximum absolute atomic E-state index is 12.8. The molecule has 3 aromatic rings. The highest BCUT2D eigenvalue weighted by molar-refractivity contribution is 9.10. The number of phenols is 1. The number of amides is 2. The standard InChI is InChI=1S/C25H25BrN2O6/c1-33-22(8-4-5-9-23(30)28-32)24(34-25(31)27-17-12-10-16(26)11-13-17)20-14-15-21(29)19-7-3-2-6-18(19)20/h2-3,5-7,9-15,22,24,29,32H,4,8H2,1H3,(H,27,31)(H,28,30)/b9-5+/t22-,24-/m0/s1. The summed E-state index contributed by atoms with van der Waals surface area (Å²) in [5.41, 5.74) is 2.77. The molecule has 0 aromatic heterocycles. The van der Waals surface area contributed by atoms with E-state index in [9.17, 15) is 14.7 Å². The number of nitrogens with one attached hydrogen (secondary N) is 2. The van der Waals surface area contributed by atoms with Gasteiger partial charge in [-0.1, -0.05) is 52.3 Å². The van der Waals surface area contributed by atoms with Gasteiger partial charge in [-0.25, -0.2) is 10.3 Å². The minimum atomic E-state index is -0.814. The quantitative estimate of drug-likeness (QED) is 0.166. The monoisotopic (exact) mass is 528 g/mol. The molecule has 0 unspecified atom stereocenters. The fourth-order valence-corrected chi connectivity index (χ4v) is 3.84. The number of hydrogen-bond acceptors (Lipinski definition) is 6. The van der Waals surface area contributed by atoms with Crippen LogP contribution in [0.2, 0.25) is 0 Å². The van der Waals surface area contributed by atoms with E-state index in [-0.39, 0.29) is 5.75 Å². The lowest BCUT2D eigenvalue weighted by Gasteiger charge is -2.27. The van der Waals surface area contributed by atoms with Crippen LogP contribution in [-0.4, -0.2) is 35.5 Å². The van der Waals surface area contributed by atoms with Crippen molar-refractivity contribution in [2.24, 2.45) is 0 Å². The average molecular weight is 529 g/mol. The van der Waals surface area contributed by atoms with Gasteiger partial charge < -0.3 is 14.6 Å². The molecule has 2 atom stereocenters. The number of carbonyl (C=O) groups excluding carboxylic acids is 2. The van der Waals surface area contributed by atoms with Gasteiger partial charge in [-0.3, -0.25) is 15.3 Å². The molecule has 3 aromatic carbocycles. The van der Waals surface area contributed by atoms with Crippen LogP contribution >= 0.6 is 15.9 Å². The second-order valence-electron chi connectivity index (χ2n) is 7.41. The number of halogens is 1. The summed E-state index contributed by atoms with van der Waals surface area (Å²) < 4.78 is 12.4. The van der Waals surface area contributed by atoms with E-state index in [4.69, 9.17) is 14.7 Å². The number of anilines is 1. The first-order valence-corrected chi connectivity index (χ1v) is 11.3. The summed E-state index contributed by atoms with van der Waals surface area (Å²) in [6.45, 7) is 0. The van der Waals surface area contributed by atoms with Crippen LogP contribution in [0.1, 0.15) is 24.5 Å². The van der Waals surface area contributed by atoms with Crippen molar-refractivity contribution in [1.29, 1.82) is 0 Å². The summed E-state index contributed by atoms with van der Waals surface area (Å²) in [4.78, 5) is 24.0. The van der Waals surface area contributed by atoms with Gasteiger partial charge in [0.2, 0.25) is 0 Å². The summed E-state index contributed by atoms with van der Waals surface area (Å²) in [6, 6.07) is 17.6. The Bertz CT molecular complexity index is 1170. The van der Waals surface area contributed by atoms with Crippen molar-refractivity contribution in [1.82, 2.24) is 5.48 Å². The van der Waals surface area contributed by atoms with Crippen LogP contribution < -0.4 is 10.8 Å². The number of fused-ring (bicyclic) bond motifs is 1. The Labute approximate surface area is 205 Å². The Balaban J connectivity index is 1.90. The van der Waals surface area contributed by atoms with Crippen LogP contribution in [0.5, 0.6) is 5.75 Å². The second-order valence-corrected chi connectivity index (χ2v) is 8.32. The number of aromatic hydroxyl groups is 1. The molecule has 0 aliphatic heterocycles. The van der Waals surface area contributed by atoms with E-state index in [1.54, 1.807) is 48.5 Å². The van der Waals surface area contributed by atoms with Gasteiger partial charge in [0, 0.05) is 34.3 Å². The molecule has 0 aliphatic carbocycles. The molecule has 34 heavy (non-hydrogen) atoms. The molecule has 8 nitrogen and oxygen atoms in total. The van der Waals surface area contributed by atoms with Crippen LogP contribution in [0, 0.1) is 0 Å². The molecular formula is C25H25BrN2O6. The van der Waals surface area contributed by atoms with Crippen LogP contribution in [0.15, 0.2) is 77.3 Å². The van der Waals surface area contributed by atoms with E-state index in [0.717, 1.165) is 9.86 Å². The number of hydrogen-bond donors (Lipinski definition) is 4. The number of phenolic OH excluding ortho intramolecular Hbond substituents is 1. The summed E-state index contributed by atoms with van der Waals surface area (Å²) >= 11 is 3.36. The van der Waals surface area contributed by atoms with E-state index in [0.29, 0.717) is 29.5 Å². The third-order valence-electron chi connectivity index (χ3n) is 5.20. The van der Waals surface area contributed by atoms with E-state index in [2.05, 4.69) is 21.2 Å². The number of methoxy groups -OCH3 is 1. The fourth-order valence-electron chi connectivity index (χ4n) is 3.57. The fraction of sp³-hybridized carbons (Fsp3) is 0.200.